The molecule has 4 fully saturated rings. The van der Waals surface area contributed by atoms with Crippen LogP contribution in [0.2, 0.25) is 0 Å². The summed E-state index contributed by atoms with van der Waals surface area (Å²) in [7, 11) is 0. The fourth-order valence-electron chi connectivity index (χ4n) is 9.83. The van der Waals surface area contributed by atoms with E-state index in [0.29, 0.717) is 36.5 Å². The second-order valence-electron chi connectivity index (χ2n) is 13.9. The van der Waals surface area contributed by atoms with Gasteiger partial charge >= 0.3 is 5.97 Å². The molecule has 4 aliphatic carbocycles. The fraction of sp³-hybridized carbons (Fsp3) is 0.781. The van der Waals surface area contributed by atoms with Crippen LogP contribution in [0.4, 0.5) is 0 Å². The molecule has 0 aromatic carbocycles. The normalized spacial score (nSPS) is 46.2. The molecule has 0 saturated heterocycles. The van der Waals surface area contributed by atoms with Gasteiger partial charge in [0.15, 0.2) is 0 Å². The van der Waals surface area contributed by atoms with Crippen molar-refractivity contribution in [1.82, 2.24) is 0 Å². The summed E-state index contributed by atoms with van der Waals surface area (Å²) >= 11 is 0. The predicted octanol–water partition coefficient (Wildman–Crippen LogP) is 6.65. The van der Waals surface area contributed by atoms with Gasteiger partial charge in [0.25, 0.3) is 0 Å². The monoisotopic (exact) mass is 514 g/mol. The molecule has 0 unspecified atom stereocenters. The Morgan fingerprint density at radius 2 is 1.76 bits per heavy atom. The molecule has 0 aliphatic heterocycles. The Balaban J connectivity index is 1.82. The summed E-state index contributed by atoms with van der Waals surface area (Å²) in [4.78, 5) is 12.7. The van der Waals surface area contributed by atoms with E-state index in [9.17, 15) is 20.1 Å². The minimum absolute atomic E-state index is 0.0438. The molecule has 3 N–H and O–H groups in total. The molecule has 0 aromatic rings. The Bertz CT molecular complexity index is 991. The van der Waals surface area contributed by atoms with E-state index in [0.717, 1.165) is 37.7 Å². The van der Waals surface area contributed by atoms with Crippen molar-refractivity contribution < 1.29 is 24.9 Å². The molecule has 4 rings (SSSR count). The van der Waals surface area contributed by atoms with Gasteiger partial charge in [0.2, 0.25) is 0 Å². The minimum atomic E-state index is -0.871. The first-order chi connectivity index (χ1) is 17.2. The highest BCUT2D eigenvalue weighted by atomic mass is 16.5. The summed E-state index contributed by atoms with van der Waals surface area (Å²) in [6.07, 6.45) is 7.18. The second-order valence-corrected chi connectivity index (χ2v) is 13.9. The molecule has 4 aliphatic rings. The number of hydrogen-bond donors (Lipinski definition) is 3. The molecule has 0 aromatic heterocycles. The maximum Gasteiger partial charge on any atom is 0.331 e. The van der Waals surface area contributed by atoms with E-state index in [2.05, 4.69) is 40.3 Å². The first kappa shape index (κ1) is 28.4. The van der Waals surface area contributed by atoms with E-state index in [1.165, 1.54) is 5.57 Å². The number of fused-ring (bicyclic) bond motifs is 5. The van der Waals surface area contributed by atoms with Crippen LogP contribution in [-0.4, -0.2) is 39.6 Å². The van der Waals surface area contributed by atoms with E-state index in [1.54, 1.807) is 0 Å². The number of rotatable bonds is 6. The summed E-state index contributed by atoms with van der Waals surface area (Å²) in [5.41, 5.74) is 2.12. The molecule has 0 spiro atoms. The topological polar surface area (TPSA) is 87.0 Å². The van der Waals surface area contributed by atoms with Crippen molar-refractivity contribution in [2.75, 3.05) is 0 Å². The minimum Gasteiger partial charge on any atom is -0.491 e. The SMILES string of the molecule is C=C(C)O[C@H]1C[C@@]2(C)[C@@H](C[C@@H](O)[C@H]3[C@@]4(C)CC[C@@H](O)[C@@H](C)[C@@H]4CC[C@@]32C)/C1=C(\CCC=C(C)C)C(=O)O. The van der Waals surface area contributed by atoms with Crippen molar-refractivity contribution in [3.63, 3.8) is 0 Å². The highest BCUT2D eigenvalue weighted by molar-refractivity contribution is 5.88. The van der Waals surface area contributed by atoms with Gasteiger partial charge in [0.1, 0.15) is 6.10 Å². The Kier molecular flexibility index (Phi) is 7.57. The molecule has 0 heterocycles. The molecular formula is C32H50O5. The van der Waals surface area contributed by atoms with Crippen molar-refractivity contribution in [3.05, 3.63) is 35.1 Å². The number of allylic oxidation sites excluding steroid dienone is 3. The Labute approximate surface area is 224 Å². The lowest BCUT2D eigenvalue weighted by Crippen LogP contribution is -2.65. The third-order valence-corrected chi connectivity index (χ3v) is 11.6. The van der Waals surface area contributed by atoms with Gasteiger partial charge in [-0.05, 0) is 118 Å². The molecule has 208 valence electrons. The first-order valence-electron chi connectivity index (χ1n) is 14.4. The highest BCUT2D eigenvalue weighted by Gasteiger charge is 2.70. The number of aliphatic carboxylic acids is 1. The fourth-order valence-corrected chi connectivity index (χ4v) is 9.83. The Morgan fingerprint density at radius 3 is 2.35 bits per heavy atom. The van der Waals surface area contributed by atoms with Crippen LogP contribution in [0, 0.1) is 39.9 Å². The lowest BCUT2D eigenvalue weighted by atomic mass is 9.36. The quantitative estimate of drug-likeness (QED) is 0.210. The lowest BCUT2D eigenvalue weighted by molar-refractivity contribution is -0.234. The third-order valence-electron chi connectivity index (χ3n) is 11.6. The molecule has 10 atom stereocenters. The molecule has 37 heavy (non-hydrogen) atoms. The van der Waals surface area contributed by atoms with Crippen LogP contribution in [0.1, 0.15) is 99.8 Å². The van der Waals surface area contributed by atoms with E-state index in [1.807, 2.05) is 20.8 Å². The average Bonchev–Trinajstić information content (AvgIpc) is 3.05. The second kappa shape index (κ2) is 9.86. The smallest absolute Gasteiger partial charge is 0.331 e. The van der Waals surface area contributed by atoms with Crippen LogP contribution in [0.25, 0.3) is 0 Å². The maximum absolute atomic E-state index is 12.7. The number of carboxylic acids is 1. The van der Waals surface area contributed by atoms with Crippen molar-refractivity contribution in [3.8, 4) is 0 Å². The number of aliphatic hydroxyl groups excluding tert-OH is 2. The van der Waals surface area contributed by atoms with Crippen LogP contribution < -0.4 is 0 Å². The zero-order chi connectivity index (χ0) is 27.5. The summed E-state index contributed by atoms with van der Waals surface area (Å²) in [6, 6.07) is 0. The van der Waals surface area contributed by atoms with E-state index >= 15 is 0 Å². The van der Waals surface area contributed by atoms with Gasteiger partial charge in [-0.25, -0.2) is 4.79 Å². The van der Waals surface area contributed by atoms with Gasteiger partial charge in [0.05, 0.1) is 18.0 Å². The average molecular weight is 515 g/mol. The van der Waals surface area contributed by atoms with Crippen LogP contribution in [0.3, 0.4) is 0 Å². The van der Waals surface area contributed by atoms with Crippen LogP contribution in [0.5, 0.6) is 0 Å². The molecule has 4 saturated carbocycles. The van der Waals surface area contributed by atoms with E-state index in [4.69, 9.17) is 4.74 Å². The number of ether oxygens (including phenoxy) is 1. The molecular weight excluding hydrogens is 464 g/mol. The highest BCUT2D eigenvalue weighted by Crippen LogP contribution is 2.74. The zero-order valence-corrected chi connectivity index (χ0v) is 24.1. The molecule has 0 amide bonds. The van der Waals surface area contributed by atoms with Gasteiger partial charge in [-0.1, -0.05) is 45.9 Å². The van der Waals surface area contributed by atoms with Crippen molar-refractivity contribution in [2.45, 2.75) is 118 Å². The Hall–Kier alpha value is -1.59. The number of hydrogen-bond acceptors (Lipinski definition) is 4. The van der Waals surface area contributed by atoms with Gasteiger partial charge in [-0.15, -0.1) is 0 Å². The zero-order valence-electron chi connectivity index (χ0n) is 24.1. The number of aliphatic hydroxyl groups is 2. The molecule has 5 nitrogen and oxygen atoms in total. The van der Waals surface area contributed by atoms with Gasteiger partial charge < -0.3 is 20.1 Å². The molecule has 0 radical (unpaired) electrons. The maximum atomic E-state index is 12.7. The Morgan fingerprint density at radius 1 is 1.08 bits per heavy atom. The third kappa shape index (κ3) is 4.42. The standard InChI is InChI=1S/C32H50O5/c1-18(2)10-9-11-21(29(35)36)27-23-16-25(34)28-30(6)14-13-24(33)20(5)22(30)12-15-31(28,7)32(23,8)17-26(27)37-19(3)4/h10,20,22-26,28,33-34H,3,9,11-17H2,1-2,4-8H3,(H,35,36)/b27-21-/t20-,22-,23-,24+,25+,26-,28-,30-,31-,32-/m0/s1. The first-order valence-corrected chi connectivity index (χ1v) is 14.4. The largest absolute Gasteiger partial charge is 0.491 e. The lowest BCUT2D eigenvalue weighted by Gasteiger charge is -2.69. The van der Waals surface area contributed by atoms with Crippen LogP contribution in [0.15, 0.2) is 35.1 Å². The van der Waals surface area contributed by atoms with Gasteiger partial charge in [-0.2, -0.15) is 0 Å². The summed E-state index contributed by atoms with van der Waals surface area (Å²) < 4.78 is 6.32. The van der Waals surface area contributed by atoms with Crippen molar-refractivity contribution >= 4 is 5.97 Å². The molecule has 0 bridgehead atoms. The van der Waals surface area contributed by atoms with E-state index < -0.39 is 12.1 Å². The number of carboxylic acid groups (broad SMARTS) is 1. The summed E-state index contributed by atoms with van der Waals surface area (Å²) in [5, 5.41) is 33.0. The summed E-state index contributed by atoms with van der Waals surface area (Å²) in [6.45, 7) is 19.2. The van der Waals surface area contributed by atoms with E-state index in [-0.39, 0.29) is 46.2 Å². The van der Waals surface area contributed by atoms with Gasteiger partial charge in [0, 0.05) is 5.57 Å². The molecule has 5 heteroatoms. The van der Waals surface area contributed by atoms with Crippen LogP contribution >= 0.6 is 0 Å². The van der Waals surface area contributed by atoms with Gasteiger partial charge in [-0.3, -0.25) is 0 Å². The number of carbonyl (C=O) groups is 1. The predicted molar refractivity (Wildman–Crippen MR) is 147 cm³/mol. The van der Waals surface area contributed by atoms with Crippen molar-refractivity contribution in [1.29, 1.82) is 0 Å². The summed E-state index contributed by atoms with van der Waals surface area (Å²) in [5.74, 6) is 0.419. The van der Waals surface area contributed by atoms with Crippen LogP contribution in [-0.2, 0) is 9.53 Å². The van der Waals surface area contributed by atoms with Crippen molar-refractivity contribution in [2.24, 2.45) is 39.9 Å².